The number of benzene rings is 1. The van der Waals surface area contributed by atoms with Crippen LogP contribution in [0, 0.1) is 0 Å². The van der Waals surface area contributed by atoms with E-state index in [1.54, 1.807) is 43.9 Å². The van der Waals surface area contributed by atoms with Crippen LogP contribution in [0.3, 0.4) is 0 Å². The number of amides is 3. The van der Waals surface area contributed by atoms with E-state index >= 15 is 0 Å². The number of thioether (sulfide) groups is 1. The van der Waals surface area contributed by atoms with Crippen molar-refractivity contribution < 1.29 is 18.8 Å². The highest BCUT2D eigenvalue weighted by molar-refractivity contribution is 7.97. The van der Waals surface area contributed by atoms with E-state index in [1.165, 1.54) is 4.90 Å². The Balaban J connectivity index is 1.60. The first-order valence-corrected chi connectivity index (χ1v) is 9.31. The Bertz CT molecular complexity index is 825. The molecule has 1 aliphatic heterocycles. The fourth-order valence-corrected chi connectivity index (χ4v) is 2.85. The van der Waals surface area contributed by atoms with Crippen molar-refractivity contribution in [3.05, 3.63) is 29.9 Å². The highest BCUT2D eigenvalue weighted by atomic mass is 32.2. The Morgan fingerprint density at radius 2 is 2.23 bits per heavy atom. The van der Waals surface area contributed by atoms with E-state index in [0.29, 0.717) is 34.6 Å². The molecule has 26 heavy (non-hydrogen) atoms. The average Bonchev–Trinajstić information content (AvgIpc) is 3.07. The molecule has 2 N–H and O–H groups in total. The number of nitrogens with one attached hydrogen (secondary N) is 2. The third-order valence-corrected chi connectivity index (χ3v) is 4.29. The van der Waals surface area contributed by atoms with Crippen molar-refractivity contribution in [1.82, 2.24) is 15.5 Å². The second-order valence-corrected chi connectivity index (χ2v) is 6.55. The quantitative estimate of drug-likeness (QED) is 0.820. The van der Waals surface area contributed by atoms with E-state index in [9.17, 15) is 9.59 Å². The maximum Gasteiger partial charge on any atom is 0.319 e. The monoisotopic (exact) mass is 377 g/mol. The highest BCUT2D eigenvalue weighted by Gasteiger charge is 2.29. The van der Waals surface area contributed by atoms with Crippen molar-refractivity contribution in [2.24, 2.45) is 0 Å². The lowest BCUT2D eigenvalue weighted by Crippen LogP contribution is -2.42. The lowest BCUT2D eigenvalue weighted by Gasteiger charge is -2.30. The summed E-state index contributed by atoms with van der Waals surface area (Å²) in [6.45, 7) is 1.82. The molecule has 0 saturated heterocycles. The molecule has 0 radical (unpaired) electrons. The number of rotatable bonds is 5. The Morgan fingerprint density at radius 1 is 1.42 bits per heavy atom. The molecule has 138 valence electrons. The minimum absolute atomic E-state index is 0.122. The molecule has 3 amide bonds. The summed E-state index contributed by atoms with van der Waals surface area (Å²) in [4.78, 5) is 29.7. The van der Waals surface area contributed by atoms with Gasteiger partial charge < -0.3 is 24.8 Å². The fourth-order valence-electron chi connectivity index (χ4n) is 2.47. The smallest absolute Gasteiger partial charge is 0.319 e. The maximum absolute atomic E-state index is 12.1. The molecule has 0 spiro atoms. The third-order valence-electron chi connectivity index (χ3n) is 3.74. The van der Waals surface area contributed by atoms with Gasteiger partial charge in [0.1, 0.15) is 5.75 Å². The molecule has 0 unspecified atom stereocenters. The van der Waals surface area contributed by atoms with Crippen LogP contribution >= 0.6 is 11.8 Å². The molecule has 1 atom stereocenters. The number of hydrogen-bond acceptors (Lipinski definition) is 7. The number of urea groups is 1. The minimum Gasteiger partial charge on any atom is -0.479 e. The first-order chi connectivity index (χ1) is 12.5. The number of ether oxygens (including phenoxy) is 1. The van der Waals surface area contributed by atoms with Crippen molar-refractivity contribution in [1.29, 1.82) is 0 Å². The van der Waals surface area contributed by atoms with Crippen molar-refractivity contribution >= 4 is 35.1 Å². The molecule has 1 aromatic heterocycles. The van der Waals surface area contributed by atoms with Crippen LogP contribution in [0.25, 0.3) is 0 Å². The molecule has 2 aromatic rings. The summed E-state index contributed by atoms with van der Waals surface area (Å²) in [6.07, 6.45) is 1.41. The van der Waals surface area contributed by atoms with Crippen molar-refractivity contribution in [3.8, 4) is 5.75 Å². The molecule has 3 rings (SSSR count). The van der Waals surface area contributed by atoms with E-state index in [1.807, 2.05) is 6.26 Å². The first kappa shape index (κ1) is 18.1. The van der Waals surface area contributed by atoms with Gasteiger partial charge in [-0.1, -0.05) is 5.16 Å². The van der Waals surface area contributed by atoms with Gasteiger partial charge >= 0.3 is 6.03 Å². The van der Waals surface area contributed by atoms with E-state index in [2.05, 4.69) is 20.8 Å². The van der Waals surface area contributed by atoms with Crippen molar-refractivity contribution in [2.45, 2.75) is 25.3 Å². The van der Waals surface area contributed by atoms with E-state index < -0.39 is 12.1 Å². The molecule has 1 aliphatic rings. The van der Waals surface area contributed by atoms with Gasteiger partial charge in [0.15, 0.2) is 11.9 Å². The van der Waals surface area contributed by atoms with Crippen molar-refractivity contribution in [3.63, 3.8) is 0 Å². The van der Waals surface area contributed by atoms with Crippen LogP contribution in [0.1, 0.15) is 18.6 Å². The van der Waals surface area contributed by atoms with Crippen LogP contribution in [0.4, 0.5) is 16.2 Å². The van der Waals surface area contributed by atoms with Gasteiger partial charge in [-0.3, -0.25) is 4.79 Å². The van der Waals surface area contributed by atoms with Gasteiger partial charge in [-0.05, 0) is 31.4 Å². The zero-order chi connectivity index (χ0) is 18.7. The molecule has 9 nitrogen and oxygen atoms in total. The highest BCUT2D eigenvalue weighted by Crippen LogP contribution is 2.35. The average molecular weight is 377 g/mol. The maximum atomic E-state index is 12.1. The standard InChI is InChI=1S/C16H19N5O4S/c1-9-15(22)21(2)11-6-10(4-5-12(11)24-9)18-16(23)17-7-14-19-13(8-26-3)20-25-14/h4-6,9H,7-8H2,1-3H3,(H2,17,18,23)/t9-/m1/s1. The van der Waals surface area contributed by atoms with Gasteiger partial charge in [-0.2, -0.15) is 16.7 Å². The zero-order valence-corrected chi connectivity index (χ0v) is 15.4. The number of carbonyl (C=O) groups excluding carboxylic acids is 2. The second-order valence-electron chi connectivity index (χ2n) is 5.68. The van der Waals surface area contributed by atoms with Crippen LogP contribution < -0.4 is 20.3 Å². The van der Waals surface area contributed by atoms with Gasteiger partial charge in [-0.25, -0.2) is 4.79 Å². The number of carbonyl (C=O) groups is 2. The summed E-state index contributed by atoms with van der Waals surface area (Å²) in [5, 5.41) is 9.16. The summed E-state index contributed by atoms with van der Waals surface area (Å²) in [7, 11) is 1.67. The normalized spacial score (nSPS) is 16.0. The summed E-state index contributed by atoms with van der Waals surface area (Å²) >= 11 is 1.58. The number of nitrogens with zero attached hydrogens (tertiary/aromatic N) is 3. The molecular formula is C16H19N5O4S. The van der Waals surface area contributed by atoms with Crippen LogP contribution in [0.2, 0.25) is 0 Å². The molecular weight excluding hydrogens is 358 g/mol. The SMILES string of the molecule is CSCc1noc(CNC(=O)Nc2ccc3c(c2)N(C)C(=O)[C@@H](C)O3)n1. The largest absolute Gasteiger partial charge is 0.479 e. The van der Waals surface area contributed by atoms with E-state index in [4.69, 9.17) is 9.26 Å². The Kier molecular flexibility index (Phi) is 5.31. The minimum atomic E-state index is -0.528. The lowest BCUT2D eigenvalue weighted by atomic mass is 10.2. The zero-order valence-electron chi connectivity index (χ0n) is 14.6. The summed E-state index contributed by atoms with van der Waals surface area (Å²) in [5.74, 6) is 2.03. The topological polar surface area (TPSA) is 110 Å². The number of anilines is 2. The van der Waals surface area contributed by atoms with Crippen LogP contribution in [0.15, 0.2) is 22.7 Å². The van der Waals surface area contributed by atoms with Crippen LogP contribution in [0.5, 0.6) is 5.75 Å². The third kappa shape index (κ3) is 3.90. The molecule has 0 bridgehead atoms. The van der Waals surface area contributed by atoms with E-state index in [-0.39, 0.29) is 12.5 Å². The van der Waals surface area contributed by atoms with Crippen molar-refractivity contribution in [2.75, 3.05) is 23.5 Å². The van der Waals surface area contributed by atoms with Gasteiger partial charge in [0.2, 0.25) is 5.89 Å². The summed E-state index contributed by atoms with van der Waals surface area (Å²) in [6, 6.07) is 4.69. The molecule has 0 fully saturated rings. The first-order valence-electron chi connectivity index (χ1n) is 7.91. The molecule has 1 aromatic carbocycles. The van der Waals surface area contributed by atoms with E-state index in [0.717, 1.165) is 0 Å². The lowest BCUT2D eigenvalue weighted by molar-refractivity contribution is -0.125. The molecule has 10 heteroatoms. The van der Waals surface area contributed by atoms with Crippen LogP contribution in [-0.2, 0) is 17.1 Å². The van der Waals surface area contributed by atoms with Gasteiger partial charge in [0, 0.05) is 12.7 Å². The number of likely N-dealkylation sites (N-methyl/N-ethyl adjacent to an activating group) is 1. The molecule has 0 saturated carbocycles. The predicted octanol–water partition coefficient (Wildman–Crippen LogP) is 2.00. The Labute approximate surface area is 154 Å². The van der Waals surface area contributed by atoms with Gasteiger partial charge in [0.25, 0.3) is 5.91 Å². The summed E-state index contributed by atoms with van der Waals surface area (Å²) in [5.41, 5.74) is 1.14. The Morgan fingerprint density at radius 3 is 3.00 bits per heavy atom. The molecule has 2 heterocycles. The Hall–Kier alpha value is -2.75. The van der Waals surface area contributed by atoms with Crippen LogP contribution in [-0.4, -0.2) is 41.5 Å². The second kappa shape index (κ2) is 7.65. The fraction of sp³-hybridized carbons (Fsp3) is 0.375. The van der Waals surface area contributed by atoms with Gasteiger partial charge in [-0.15, -0.1) is 0 Å². The number of aromatic nitrogens is 2. The predicted molar refractivity (Wildman–Crippen MR) is 97.3 cm³/mol. The number of fused-ring (bicyclic) bond motifs is 1. The summed E-state index contributed by atoms with van der Waals surface area (Å²) < 4.78 is 10.6. The van der Waals surface area contributed by atoms with Gasteiger partial charge in [0.05, 0.1) is 18.0 Å². The molecule has 0 aliphatic carbocycles. The number of hydrogen-bond donors (Lipinski definition) is 2.